The van der Waals surface area contributed by atoms with Gasteiger partial charge in [0, 0.05) is 19.6 Å². The lowest BCUT2D eigenvalue weighted by molar-refractivity contribution is 0.126. The molecule has 2 fully saturated rings. The molecule has 3 rings (SSSR count). The van der Waals surface area contributed by atoms with Crippen molar-refractivity contribution in [3.05, 3.63) is 59.9 Å². The minimum atomic E-state index is -0.550. The van der Waals surface area contributed by atoms with Crippen molar-refractivity contribution in [1.29, 1.82) is 5.26 Å². The molecule has 29 heavy (non-hydrogen) atoms. The maximum atomic E-state index is 14.8. The Balaban J connectivity index is 1.67. The van der Waals surface area contributed by atoms with Gasteiger partial charge in [-0.25, -0.2) is 14.0 Å². The van der Waals surface area contributed by atoms with Gasteiger partial charge in [-0.1, -0.05) is 11.6 Å². The Hall–Kier alpha value is -3.52. The molecule has 0 unspecified atom stereocenters. The van der Waals surface area contributed by atoms with Gasteiger partial charge in [-0.3, -0.25) is 4.90 Å². The molecule has 1 aromatic rings. The van der Waals surface area contributed by atoms with E-state index in [1.54, 1.807) is 24.4 Å². The summed E-state index contributed by atoms with van der Waals surface area (Å²) in [7, 11) is 0. The largest absolute Gasteiger partial charge is 0.442 e. The van der Waals surface area contributed by atoms with Crippen LogP contribution in [0.5, 0.6) is 0 Å². The average molecular weight is 395 g/mol. The summed E-state index contributed by atoms with van der Waals surface area (Å²) >= 11 is 0. The Kier molecular flexibility index (Phi) is 6.36. The third kappa shape index (κ3) is 4.67. The summed E-state index contributed by atoms with van der Waals surface area (Å²) in [5, 5.41) is 9.11. The lowest BCUT2D eigenvalue weighted by atomic mass is 10.0. The summed E-state index contributed by atoms with van der Waals surface area (Å²) in [6.45, 7) is 12.7. The van der Waals surface area contributed by atoms with Crippen molar-refractivity contribution in [1.82, 2.24) is 4.90 Å². The summed E-state index contributed by atoms with van der Waals surface area (Å²) in [6, 6.07) is 4.72. The fourth-order valence-corrected chi connectivity index (χ4v) is 3.56. The average Bonchev–Trinajstić information content (AvgIpc) is 3.08. The Labute approximate surface area is 169 Å². The minimum absolute atomic E-state index is 0.251. The van der Waals surface area contributed by atoms with Crippen LogP contribution in [-0.2, 0) is 4.74 Å². The predicted octanol–water partition coefficient (Wildman–Crippen LogP) is 3.52. The molecule has 2 aliphatic rings. The molecule has 0 aromatic heterocycles. The van der Waals surface area contributed by atoms with Gasteiger partial charge in [0.1, 0.15) is 11.9 Å². The first-order valence-corrected chi connectivity index (χ1v) is 9.38. The Morgan fingerprint density at radius 1 is 1.45 bits per heavy atom. The molecule has 2 saturated heterocycles. The number of hydrogen-bond acceptors (Lipinski definition) is 5. The van der Waals surface area contributed by atoms with E-state index in [0.717, 1.165) is 18.4 Å². The third-order valence-electron chi connectivity index (χ3n) is 5.03. The first-order chi connectivity index (χ1) is 14.0. The zero-order chi connectivity index (χ0) is 20.8. The molecule has 1 atom stereocenters. The predicted molar refractivity (Wildman–Crippen MR) is 108 cm³/mol. The fourth-order valence-electron chi connectivity index (χ4n) is 3.56. The topological polar surface area (TPSA) is 64.2 Å². The Bertz CT molecular complexity index is 891. The zero-order valence-electron chi connectivity index (χ0n) is 16.1. The summed E-state index contributed by atoms with van der Waals surface area (Å²) in [5.74, 6) is -0.401. The first-order valence-electron chi connectivity index (χ1n) is 9.38. The molecule has 7 nitrogen and oxygen atoms in total. The Morgan fingerprint density at radius 3 is 2.83 bits per heavy atom. The smallest absolute Gasteiger partial charge is 0.414 e. The SMILES string of the molecule is [C-]#[N+]C=C1CCN(c2ccc(N3C[C@H](CN(C#N)CC=C)OC3=O)cc2F)CC1. The van der Waals surface area contributed by atoms with Crippen LogP contribution in [0, 0.1) is 23.8 Å². The summed E-state index contributed by atoms with van der Waals surface area (Å²) in [4.78, 5) is 20.3. The number of rotatable bonds is 6. The molecule has 0 saturated carbocycles. The van der Waals surface area contributed by atoms with Crippen molar-refractivity contribution in [2.45, 2.75) is 18.9 Å². The number of carbonyl (C=O) groups excluding carboxylic acids is 1. The number of nitrogens with zero attached hydrogens (tertiary/aromatic N) is 5. The van der Waals surface area contributed by atoms with Gasteiger partial charge in [0.2, 0.25) is 0 Å². The van der Waals surface area contributed by atoms with Crippen LogP contribution in [-0.4, -0.2) is 49.8 Å². The van der Waals surface area contributed by atoms with Crippen LogP contribution in [0.15, 0.2) is 42.6 Å². The van der Waals surface area contributed by atoms with E-state index in [9.17, 15) is 9.18 Å². The molecule has 1 aromatic carbocycles. The lowest BCUT2D eigenvalue weighted by Crippen LogP contribution is -2.32. The maximum absolute atomic E-state index is 14.8. The van der Waals surface area contributed by atoms with E-state index in [2.05, 4.69) is 11.4 Å². The summed E-state index contributed by atoms with van der Waals surface area (Å²) in [6.07, 6.45) is 5.64. The number of amides is 1. The van der Waals surface area contributed by atoms with Gasteiger partial charge in [-0.15, -0.1) is 6.58 Å². The number of nitriles is 1. The van der Waals surface area contributed by atoms with Crippen molar-refractivity contribution in [3.63, 3.8) is 0 Å². The summed E-state index contributed by atoms with van der Waals surface area (Å²) in [5.41, 5.74) is 2.00. The first kappa shape index (κ1) is 20.2. The van der Waals surface area contributed by atoms with E-state index in [4.69, 9.17) is 16.6 Å². The highest BCUT2D eigenvalue weighted by atomic mass is 19.1. The van der Waals surface area contributed by atoms with Crippen LogP contribution in [0.1, 0.15) is 12.8 Å². The molecular weight excluding hydrogens is 373 g/mol. The lowest BCUT2D eigenvalue weighted by Gasteiger charge is -2.31. The van der Waals surface area contributed by atoms with Gasteiger partial charge in [-0.05, 0) is 31.0 Å². The van der Waals surface area contributed by atoms with Gasteiger partial charge < -0.3 is 14.5 Å². The maximum Gasteiger partial charge on any atom is 0.414 e. The van der Waals surface area contributed by atoms with Crippen LogP contribution < -0.4 is 9.80 Å². The molecule has 2 heterocycles. The van der Waals surface area contributed by atoms with E-state index in [-0.39, 0.29) is 13.1 Å². The third-order valence-corrected chi connectivity index (χ3v) is 5.03. The van der Waals surface area contributed by atoms with Gasteiger partial charge >= 0.3 is 6.09 Å². The molecular formula is C21H22FN5O2. The number of carbonyl (C=O) groups is 1. The van der Waals surface area contributed by atoms with Crippen molar-refractivity contribution in [2.24, 2.45) is 0 Å². The number of halogens is 1. The van der Waals surface area contributed by atoms with E-state index >= 15 is 0 Å². The van der Waals surface area contributed by atoms with Gasteiger partial charge in [0.15, 0.2) is 12.4 Å². The van der Waals surface area contributed by atoms with Crippen molar-refractivity contribution in [3.8, 4) is 6.19 Å². The molecule has 0 radical (unpaired) electrons. The van der Waals surface area contributed by atoms with E-state index in [1.807, 2.05) is 11.1 Å². The number of piperidine rings is 1. The number of anilines is 2. The molecule has 150 valence electrons. The quantitative estimate of drug-likeness (QED) is 0.319. The van der Waals surface area contributed by atoms with Crippen LogP contribution in [0.2, 0.25) is 0 Å². The second kappa shape index (κ2) is 9.11. The second-order valence-corrected chi connectivity index (χ2v) is 6.95. The van der Waals surface area contributed by atoms with E-state index in [1.165, 1.54) is 15.9 Å². The molecule has 1 amide bonds. The number of hydrogen-bond donors (Lipinski definition) is 0. The van der Waals surface area contributed by atoms with Gasteiger partial charge in [-0.2, -0.15) is 5.26 Å². The van der Waals surface area contributed by atoms with E-state index in [0.29, 0.717) is 31.0 Å². The normalized spacial score (nSPS) is 18.7. The molecule has 0 N–H and O–H groups in total. The van der Waals surface area contributed by atoms with Crippen LogP contribution in [0.4, 0.5) is 20.6 Å². The van der Waals surface area contributed by atoms with Crippen LogP contribution in [0.3, 0.4) is 0 Å². The Morgan fingerprint density at radius 2 is 2.21 bits per heavy atom. The number of ether oxygens (including phenoxy) is 1. The van der Waals surface area contributed by atoms with E-state index < -0.39 is 18.0 Å². The number of benzene rings is 1. The van der Waals surface area contributed by atoms with Crippen molar-refractivity contribution >= 4 is 17.5 Å². The number of cyclic esters (lactones) is 1. The molecule has 8 heteroatoms. The highest BCUT2D eigenvalue weighted by molar-refractivity contribution is 5.90. The van der Waals surface area contributed by atoms with Crippen molar-refractivity contribution < 1.29 is 13.9 Å². The molecule has 0 spiro atoms. The van der Waals surface area contributed by atoms with Crippen molar-refractivity contribution in [2.75, 3.05) is 42.5 Å². The van der Waals surface area contributed by atoms with Crippen LogP contribution in [0.25, 0.3) is 4.85 Å². The van der Waals surface area contributed by atoms with Gasteiger partial charge in [0.25, 0.3) is 0 Å². The molecule has 2 aliphatic heterocycles. The van der Waals surface area contributed by atoms with Gasteiger partial charge in [0.05, 0.1) is 31.0 Å². The summed E-state index contributed by atoms with van der Waals surface area (Å²) < 4.78 is 20.1. The van der Waals surface area contributed by atoms with Crippen LogP contribution >= 0.6 is 0 Å². The monoisotopic (exact) mass is 395 g/mol. The highest BCUT2D eigenvalue weighted by Gasteiger charge is 2.34. The highest BCUT2D eigenvalue weighted by Crippen LogP contribution is 2.30. The standard InChI is InChI=1S/C21H22FN5O2/c1-3-8-25(15-23)13-18-14-27(21(28)29-18)17-4-5-20(19(22)11-17)26-9-6-16(7-10-26)12-24-2/h3-5,11-12,18H,1,6-10,13-14H2/t18-/m0/s1. The molecule has 0 aliphatic carbocycles. The zero-order valence-corrected chi connectivity index (χ0v) is 16.1. The fraction of sp³-hybridized carbons (Fsp3) is 0.381. The minimum Gasteiger partial charge on any atom is -0.442 e. The second-order valence-electron chi connectivity index (χ2n) is 6.95. The molecule has 0 bridgehead atoms.